The zero-order chi connectivity index (χ0) is 10.6. The molecule has 0 atom stereocenters. The molecule has 0 unspecified atom stereocenters. The average Bonchev–Trinajstić information content (AvgIpc) is 2.20. The number of nitrogens with zero attached hydrogens (tertiary/aromatic N) is 2. The molecule has 0 saturated carbocycles. The molecule has 0 aromatic heterocycles. The Kier molecular flexibility index (Phi) is 3.95. The minimum Gasteiger partial charge on any atom is -0.370 e. The summed E-state index contributed by atoms with van der Waals surface area (Å²) in [5.74, 6) is 0.549. The van der Waals surface area contributed by atoms with Crippen molar-refractivity contribution in [1.82, 2.24) is 4.90 Å². The molecule has 0 radical (unpaired) electrons. The van der Waals surface area contributed by atoms with Crippen molar-refractivity contribution in [3.05, 3.63) is 34.3 Å². The van der Waals surface area contributed by atoms with Gasteiger partial charge in [-0.15, -0.1) is 0 Å². The summed E-state index contributed by atoms with van der Waals surface area (Å²) >= 11 is 3.39. The monoisotopic (exact) mass is 255 g/mol. The first-order valence-electron chi connectivity index (χ1n) is 4.31. The van der Waals surface area contributed by atoms with Gasteiger partial charge in [-0.1, -0.05) is 28.1 Å². The number of hydrogen-bond donors (Lipinski definition) is 1. The Morgan fingerprint density at radius 3 is 2.50 bits per heavy atom. The van der Waals surface area contributed by atoms with Gasteiger partial charge in [-0.25, -0.2) is 0 Å². The number of halogens is 1. The molecule has 1 aromatic rings. The van der Waals surface area contributed by atoms with Gasteiger partial charge in [0.25, 0.3) is 0 Å². The molecule has 4 heteroatoms. The molecular formula is C10H14BrN3. The number of aliphatic imine (C=N–C) groups is 1. The summed E-state index contributed by atoms with van der Waals surface area (Å²) in [6.45, 7) is 0.774. The lowest BCUT2D eigenvalue weighted by Crippen LogP contribution is -2.33. The third-order valence-electron chi connectivity index (χ3n) is 1.95. The highest BCUT2D eigenvalue weighted by Gasteiger charge is 2.01. The maximum absolute atomic E-state index is 5.66. The Bertz CT molecular complexity index is 319. The van der Waals surface area contributed by atoms with Gasteiger partial charge in [-0.05, 0) is 17.7 Å². The predicted octanol–water partition coefficient (Wildman–Crippen LogP) is 1.83. The standard InChI is InChI=1S/C10H14BrN3/c1-13-10(12)14(2)7-8-3-5-9(11)6-4-8/h3-6H,7H2,1-2H3,(H2,12,13). The Morgan fingerprint density at radius 1 is 1.43 bits per heavy atom. The van der Waals surface area contributed by atoms with Crippen LogP contribution in [-0.4, -0.2) is 25.0 Å². The zero-order valence-corrected chi connectivity index (χ0v) is 9.95. The third kappa shape index (κ3) is 3.03. The van der Waals surface area contributed by atoms with E-state index < -0.39 is 0 Å². The summed E-state index contributed by atoms with van der Waals surface area (Å²) in [6, 6.07) is 8.15. The van der Waals surface area contributed by atoms with Crippen LogP contribution in [0.5, 0.6) is 0 Å². The van der Waals surface area contributed by atoms with Crippen LogP contribution in [0.25, 0.3) is 0 Å². The van der Waals surface area contributed by atoms with Gasteiger partial charge in [0, 0.05) is 25.1 Å². The van der Waals surface area contributed by atoms with Crippen LogP contribution in [0.2, 0.25) is 0 Å². The molecule has 1 rings (SSSR count). The van der Waals surface area contributed by atoms with Crippen LogP contribution >= 0.6 is 15.9 Å². The van der Waals surface area contributed by atoms with Crippen LogP contribution in [-0.2, 0) is 6.54 Å². The zero-order valence-electron chi connectivity index (χ0n) is 8.37. The number of rotatable bonds is 2. The normalized spacial score (nSPS) is 11.5. The third-order valence-corrected chi connectivity index (χ3v) is 2.48. The van der Waals surface area contributed by atoms with Crippen molar-refractivity contribution in [2.75, 3.05) is 14.1 Å². The van der Waals surface area contributed by atoms with Gasteiger partial charge in [0.1, 0.15) is 0 Å². The fourth-order valence-corrected chi connectivity index (χ4v) is 1.38. The van der Waals surface area contributed by atoms with Crippen LogP contribution in [0, 0.1) is 0 Å². The molecule has 76 valence electrons. The molecule has 0 amide bonds. The van der Waals surface area contributed by atoms with Crippen LogP contribution in [0.4, 0.5) is 0 Å². The van der Waals surface area contributed by atoms with Crippen LogP contribution in [0.1, 0.15) is 5.56 Å². The quantitative estimate of drug-likeness (QED) is 0.647. The summed E-state index contributed by atoms with van der Waals surface area (Å²) in [4.78, 5) is 5.82. The summed E-state index contributed by atoms with van der Waals surface area (Å²) in [5, 5.41) is 0. The molecule has 3 nitrogen and oxygen atoms in total. The van der Waals surface area contributed by atoms with Crippen molar-refractivity contribution in [1.29, 1.82) is 0 Å². The topological polar surface area (TPSA) is 41.6 Å². The van der Waals surface area contributed by atoms with Crippen LogP contribution in [0.15, 0.2) is 33.7 Å². The molecule has 0 saturated heterocycles. The fourth-order valence-electron chi connectivity index (χ4n) is 1.12. The van der Waals surface area contributed by atoms with E-state index >= 15 is 0 Å². The van der Waals surface area contributed by atoms with E-state index in [0.29, 0.717) is 5.96 Å². The van der Waals surface area contributed by atoms with Gasteiger partial charge < -0.3 is 10.6 Å². The highest BCUT2D eigenvalue weighted by molar-refractivity contribution is 9.10. The lowest BCUT2D eigenvalue weighted by Gasteiger charge is -2.17. The summed E-state index contributed by atoms with van der Waals surface area (Å²) in [7, 11) is 3.61. The van der Waals surface area contributed by atoms with Crippen molar-refractivity contribution < 1.29 is 0 Å². The second-order valence-corrected chi connectivity index (χ2v) is 3.98. The van der Waals surface area contributed by atoms with Gasteiger partial charge in [0.2, 0.25) is 0 Å². The first-order valence-corrected chi connectivity index (χ1v) is 5.10. The Morgan fingerprint density at radius 2 is 2.00 bits per heavy atom. The molecule has 2 N–H and O–H groups in total. The number of guanidine groups is 1. The van der Waals surface area contributed by atoms with E-state index in [4.69, 9.17) is 5.73 Å². The van der Waals surface area contributed by atoms with Gasteiger partial charge in [-0.2, -0.15) is 0 Å². The van der Waals surface area contributed by atoms with E-state index in [0.717, 1.165) is 11.0 Å². The van der Waals surface area contributed by atoms with Gasteiger partial charge in [-0.3, -0.25) is 4.99 Å². The molecule has 0 aliphatic rings. The fraction of sp³-hybridized carbons (Fsp3) is 0.300. The lowest BCUT2D eigenvalue weighted by molar-refractivity contribution is 0.494. The molecule has 0 fully saturated rings. The molecule has 0 heterocycles. The minimum absolute atomic E-state index is 0.549. The highest BCUT2D eigenvalue weighted by Crippen LogP contribution is 2.11. The lowest BCUT2D eigenvalue weighted by atomic mass is 10.2. The minimum atomic E-state index is 0.549. The first-order chi connectivity index (χ1) is 6.63. The molecule has 1 aromatic carbocycles. The Hall–Kier alpha value is -1.03. The van der Waals surface area contributed by atoms with Gasteiger partial charge in [0.15, 0.2) is 5.96 Å². The van der Waals surface area contributed by atoms with Crippen molar-refractivity contribution in [3.8, 4) is 0 Å². The number of benzene rings is 1. The maximum atomic E-state index is 5.66. The van der Waals surface area contributed by atoms with E-state index in [2.05, 4.69) is 33.1 Å². The van der Waals surface area contributed by atoms with E-state index in [1.165, 1.54) is 5.56 Å². The maximum Gasteiger partial charge on any atom is 0.191 e. The van der Waals surface area contributed by atoms with Crippen LogP contribution in [0.3, 0.4) is 0 Å². The smallest absolute Gasteiger partial charge is 0.191 e. The Balaban J connectivity index is 2.65. The molecular weight excluding hydrogens is 242 g/mol. The van der Waals surface area contributed by atoms with Crippen molar-refractivity contribution in [2.45, 2.75) is 6.54 Å². The van der Waals surface area contributed by atoms with Gasteiger partial charge in [0.05, 0.1) is 0 Å². The first kappa shape index (κ1) is 11.0. The van der Waals surface area contributed by atoms with Crippen molar-refractivity contribution in [3.63, 3.8) is 0 Å². The van der Waals surface area contributed by atoms with E-state index in [9.17, 15) is 0 Å². The summed E-state index contributed by atoms with van der Waals surface area (Å²) < 4.78 is 1.08. The summed E-state index contributed by atoms with van der Waals surface area (Å²) in [5.41, 5.74) is 6.87. The molecule has 14 heavy (non-hydrogen) atoms. The Labute approximate surface area is 92.8 Å². The SMILES string of the molecule is CN=C(N)N(C)Cc1ccc(Br)cc1. The van der Waals surface area contributed by atoms with E-state index in [-0.39, 0.29) is 0 Å². The van der Waals surface area contributed by atoms with Crippen molar-refractivity contribution >= 4 is 21.9 Å². The number of nitrogens with two attached hydrogens (primary N) is 1. The van der Waals surface area contributed by atoms with Gasteiger partial charge >= 0.3 is 0 Å². The summed E-state index contributed by atoms with van der Waals surface area (Å²) in [6.07, 6.45) is 0. The van der Waals surface area contributed by atoms with Crippen LogP contribution < -0.4 is 5.73 Å². The number of hydrogen-bond acceptors (Lipinski definition) is 1. The second-order valence-electron chi connectivity index (χ2n) is 3.06. The molecule has 0 aliphatic carbocycles. The second kappa shape index (κ2) is 5.00. The predicted molar refractivity (Wildman–Crippen MR) is 63.2 cm³/mol. The molecule has 0 aliphatic heterocycles. The van der Waals surface area contributed by atoms with E-state index in [1.54, 1.807) is 7.05 Å². The molecule has 0 spiro atoms. The molecule has 0 bridgehead atoms. The van der Waals surface area contributed by atoms with E-state index in [1.807, 2.05) is 24.1 Å². The average molecular weight is 256 g/mol. The largest absolute Gasteiger partial charge is 0.370 e. The van der Waals surface area contributed by atoms with Crippen molar-refractivity contribution in [2.24, 2.45) is 10.7 Å². The highest BCUT2D eigenvalue weighted by atomic mass is 79.9.